The van der Waals surface area contributed by atoms with Gasteiger partial charge in [0.15, 0.2) is 22.9 Å². The Balaban J connectivity index is 1.54. The molecule has 7 N–H and O–H groups in total. The Hall–Kier alpha value is -4.57. The zero-order valence-corrected chi connectivity index (χ0v) is 21.0. The highest BCUT2D eigenvalue weighted by atomic mass is 16.5. The van der Waals surface area contributed by atoms with Gasteiger partial charge in [0.2, 0.25) is 5.78 Å². The summed E-state index contributed by atoms with van der Waals surface area (Å²) >= 11 is 0. The van der Waals surface area contributed by atoms with Gasteiger partial charge in [-0.05, 0) is 60.1 Å². The molecule has 202 valence electrons. The molecule has 3 unspecified atom stereocenters. The molecule has 0 saturated heterocycles. The highest BCUT2D eigenvalue weighted by Crippen LogP contribution is 2.52. The van der Waals surface area contributed by atoms with Crippen molar-refractivity contribution in [1.29, 1.82) is 0 Å². The van der Waals surface area contributed by atoms with Gasteiger partial charge in [-0.15, -0.1) is 0 Å². The minimum atomic E-state index is -2.59. The number of aliphatic hydroxyl groups is 3. The first-order valence-electron chi connectivity index (χ1n) is 12.3. The van der Waals surface area contributed by atoms with Crippen LogP contribution in [0.5, 0.6) is 17.2 Å². The summed E-state index contributed by atoms with van der Waals surface area (Å²) in [6, 6.07) is 8.06. The number of phenolic OH excluding ortho intramolecular Hbond substituents is 2. The molecule has 3 aliphatic carbocycles. The molecule has 3 aliphatic rings. The number of Topliss-reactive ketones (excluding diaryl/α,β-unsaturated/α-hetero) is 2. The molecular weight excluding hydrogens is 506 g/mol. The van der Waals surface area contributed by atoms with Crippen molar-refractivity contribution in [2.75, 3.05) is 7.11 Å². The van der Waals surface area contributed by atoms with Crippen molar-refractivity contribution in [2.24, 2.45) is 17.6 Å². The van der Waals surface area contributed by atoms with Crippen LogP contribution in [0.15, 0.2) is 53.3 Å². The van der Waals surface area contributed by atoms with Crippen LogP contribution >= 0.6 is 0 Å². The Morgan fingerprint density at radius 1 is 1.10 bits per heavy atom. The normalized spacial score (nSPS) is 24.5. The van der Waals surface area contributed by atoms with Crippen molar-refractivity contribution >= 4 is 29.3 Å². The van der Waals surface area contributed by atoms with Crippen LogP contribution in [0.4, 0.5) is 0 Å². The highest BCUT2D eigenvalue weighted by molar-refractivity contribution is 6.22. The number of hydrogen-bond donors (Lipinski definition) is 6. The Kier molecular flexibility index (Phi) is 6.22. The lowest BCUT2D eigenvalue weighted by Gasteiger charge is -2.46. The number of ether oxygens (including phenoxy) is 1. The summed E-state index contributed by atoms with van der Waals surface area (Å²) in [4.78, 5) is 37.8. The number of allylic oxidation sites excluding steroid dienone is 1. The third kappa shape index (κ3) is 3.95. The van der Waals surface area contributed by atoms with Crippen LogP contribution in [0.2, 0.25) is 0 Å². The number of primary amides is 1. The van der Waals surface area contributed by atoms with E-state index in [0.29, 0.717) is 23.3 Å². The number of aliphatic hydroxyl groups excluding tert-OH is 2. The predicted octanol–water partition coefficient (Wildman–Crippen LogP) is 2.39. The highest BCUT2D eigenvalue weighted by Gasteiger charge is 2.60. The summed E-state index contributed by atoms with van der Waals surface area (Å²) in [6.07, 6.45) is 4.09. The van der Waals surface area contributed by atoms with Crippen molar-refractivity contribution < 1.29 is 44.7 Å². The van der Waals surface area contributed by atoms with E-state index in [-0.39, 0.29) is 41.9 Å². The van der Waals surface area contributed by atoms with Crippen LogP contribution in [-0.4, -0.2) is 55.7 Å². The average molecular weight is 534 g/mol. The van der Waals surface area contributed by atoms with Gasteiger partial charge in [-0.2, -0.15) is 0 Å². The number of nitrogens with two attached hydrogens (primary N) is 1. The first-order valence-corrected chi connectivity index (χ1v) is 12.3. The molecule has 2 aromatic rings. The van der Waals surface area contributed by atoms with Crippen molar-refractivity contribution in [3.8, 4) is 17.2 Å². The zero-order valence-electron chi connectivity index (χ0n) is 21.0. The molecule has 3 atom stereocenters. The third-order valence-electron chi connectivity index (χ3n) is 7.88. The van der Waals surface area contributed by atoms with E-state index in [0.717, 1.165) is 5.56 Å². The summed E-state index contributed by atoms with van der Waals surface area (Å²) < 4.78 is 5.14. The largest absolute Gasteiger partial charge is 0.508 e. The zero-order chi connectivity index (χ0) is 28.2. The smallest absolute Gasteiger partial charge is 0.255 e. The quantitative estimate of drug-likeness (QED) is 0.314. The number of amides is 1. The second-order valence-electron chi connectivity index (χ2n) is 10.0. The van der Waals surface area contributed by atoms with Gasteiger partial charge in [0, 0.05) is 17.9 Å². The number of carbonyl (C=O) groups excluding carboxylic acids is 3. The Bertz CT molecular complexity index is 1530. The lowest BCUT2D eigenvalue weighted by molar-refractivity contribution is -0.147. The Labute approximate surface area is 223 Å². The topological polar surface area (TPSA) is 188 Å². The number of phenols is 2. The fourth-order valence-corrected chi connectivity index (χ4v) is 5.97. The van der Waals surface area contributed by atoms with Gasteiger partial charge in [0.05, 0.1) is 12.7 Å². The van der Waals surface area contributed by atoms with E-state index in [1.165, 1.54) is 19.2 Å². The Morgan fingerprint density at radius 2 is 1.82 bits per heavy atom. The summed E-state index contributed by atoms with van der Waals surface area (Å²) in [5, 5.41) is 53.6. The second kappa shape index (κ2) is 9.32. The molecule has 1 saturated carbocycles. The van der Waals surface area contributed by atoms with Crippen molar-refractivity contribution in [1.82, 2.24) is 0 Å². The van der Waals surface area contributed by atoms with E-state index < -0.39 is 52.0 Å². The number of hydrogen-bond acceptors (Lipinski definition) is 9. The average Bonchev–Trinajstić information content (AvgIpc) is 2.88. The van der Waals surface area contributed by atoms with Crippen LogP contribution < -0.4 is 10.5 Å². The number of aromatic hydroxyl groups is 2. The maximum absolute atomic E-state index is 13.6. The van der Waals surface area contributed by atoms with Crippen molar-refractivity contribution in [3.05, 3.63) is 75.6 Å². The molecular formula is C29H27NO9. The molecule has 1 amide bonds. The molecule has 5 rings (SSSR count). The fraction of sp³-hybridized carbons (Fsp3) is 0.276. The molecule has 0 radical (unpaired) electrons. The SMILES string of the molecule is COc1cc(C/C=C/c2ccc(O)c3c2CC2CC4CC(=O)C(C(N)=O)=C(O)C4(O)C(=O)C2=C3O)ccc1O. The molecule has 39 heavy (non-hydrogen) atoms. The summed E-state index contributed by atoms with van der Waals surface area (Å²) in [5.74, 6) is -6.21. The summed E-state index contributed by atoms with van der Waals surface area (Å²) in [5.41, 5.74) is 3.80. The number of carbonyl (C=O) groups is 3. The fourth-order valence-electron chi connectivity index (χ4n) is 5.97. The van der Waals surface area contributed by atoms with Crippen LogP contribution in [0.1, 0.15) is 35.1 Å². The summed E-state index contributed by atoms with van der Waals surface area (Å²) in [7, 11) is 1.46. The number of methoxy groups -OCH3 is 1. The van der Waals surface area contributed by atoms with E-state index in [1.54, 1.807) is 18.2 Å². The van der Waals surface area contributed by atoms with Crippen molar-refractivity contribution in [2.45, 2.75) is 31.3 Å². The monoisotopic (exact) mass is 533 g/mol. The van der Waals surface area contributed by atoms with Gasteiger partial charge >= 0.3 is 0 Å². The van der Waals surface area contributed by atoms with E-state index in [1.807, 2.05) is 12.2 Å². The first kappa shape index (κ1) is 26.1. The minimum absolute atomic E-state index is 0.0270. The van der Waals surface area contributed by atoms with Crippen LogP contribution in [-0.2, 0) is 27.2 Å². The third-order valence-corrected chi connectivity index (χ3v) is 7.88. The molecule has 0 aromatic heterocycles. The van der Waals surface area contributed by atoms with E-state index in [4.69, 9.17) is 10.5 Å². The van der Waals surface area contributed by atoms with Gasteiger partial charge in [0.25, 0.3) is 5.91 Å². The lowest BCUT2D eigenvalue weighted by atomic mass is 9.59. The van der Waals surface area contributed by atoms with E-state index in [2.05, 4.69) is 0 Å². The Morgan fingerprint density at radius 3 is 2.51 bits per heavy atom. The van der Waals surface area contributed by atoms with Gasteiger partial charge in [0.1, 0.15) is 22.8 Å². The first-order chi connectivity index (χ1) is 18.5. The maximum atomic E-state index is 13.6. The van der Waals surface area contributed by atoms with Crippen LogP contribution in [0.3, 0.4) is 0 Å². The molecule has 0 spiro atoms. The molecule has 0 heterocycles. The van der Waals surface area contributed by atoms with E-state index in [9.17, 15) is 39.9 Å². The van der Waals surface area contributed by atoms with Crippen LogP contribution in [0, 0.1) is 11.8 Å². The molecule has 0 bridgehead atoms. The van der Waals surface area contributed by atoms with Crippen LogP contribution in [0.25, 0.3) is 11.8 Å². The molecule has 0 aliphatic heterocycles. The van der Waals surface area contributed by atoms with Gasteiger partial charge in [-0.1, -0.05) is 24.3 Å². The van der Waals surface area contributed by atoms with Gasteiger partial charge < -0.3 is 36.0 Å². The minimum Gasteiger partial charge on any atom is -0.508 e. The number of fused-ring (bicyclic) bond motifs is 3. The molecule has 10 heteroatoms. The predicted molar refractivity (Wildman–Crippen MR) is 139 cm³/mol. The molecule has 10 nitrogen and oxygen atoms in total. The second-order valence-corrected chi connectivity index (χ2v) is 10.0. The molecule has 1 fully saturated rings. The number of ketones is 2. The van der Waals surface area contributed by atoms with Gasteiger partial charge in [-0.25, -0.2) is 0 Å². The molecule has 2 aromatic carbocycles. The van der Waals surface area contributed by atoms with E-state index >= 15 is 0 Å². The number of benzene rings is 2. The lowest BCUT2D eigenvalue weighted by Crippen LogP contribution is -2.58. The summed E-state index contributed by atoms with van der Waals surface area (Å²) in [6.45, 7) is 0. The standard InChI is InChI=1S/C29H27NO9/c1-39-21-9-13(5-7-18(21)31)3-2-4-14-6-8-19(32)23-17(14)11-15-10-16-12-20(33)24(28(30)37)27(36)29(16,38)26(35)22(15)25(23)34/h2,4-9,15-16,31-32,34,36,38H,3,10-12H2,1H3,(H2,30,37)/b4-2+. The van der Waals surface area contributed by atoms with Crippen molar-refractivity contribution in [3.63, 3.8) is 0 Å². The van der Waals surface area contributed by atoms with Gasteiger partial charge in [-0.3, -0.25) is 14.4 Å². The number of rotatable bonds is 5. The maximum Gasteiger partial charge on any atom is 0.255 e.